The number of aromatic nitrogens is 3. The molecule has 0 saturated heterocycles. The highest BCUT2D eigenvalue weighted by atomic mass is 19.1. The number of halogens is 2. The molecule has 39 heavy (non-hydrogen) atoms. The summed E-state index contributed by atoms with van der Waals surface area (Å²) in [5.41, 5.74) is 7.32. The molecule has 0 radical (unpaired) electrons. The van der Waals surface area contributed by atoms with E-state index in [2.05, 4.69) is 27.2 Å². The second-order valence-corrected chi connectivity index (χ2v) is 9.47. The molecule has 0 aliphatic heterocycles. The summed E-state index contributed by atoms with van der Waals surface area (Å²) in [6.07, 6.45) is -1.47. The summed E-state index contributed by atoms with van der Waals surface area (Å²) in [6, 6.07) is 8.78. The van der Waals surface area contributed by atoms with Crippen molar-refractivity contribution in [3.8, 4) is 28.7 Å². The van der Waals surface area contributed by atoms with E-state index in [1.165, 1.54) is 21.0 Å². The molecule has 2 aromatic carbocycles. The number of anilines is 1. The standard InChI is InChI=1S/C28H27F2N5O4/c1-28(2,38)10-9-18-5-6-19(20-7-8-22(39-4)23-25(20)35(3)34-26(23)31)24(32-18)21(33-27(36)37)13-15-11-16(29)14-17(30)12-15/h5-8,11-12,14,21,33,38H,13H2,1-4H3,(H2,31,34)(H,36,37). The maximum atomic E-state index is 14.0. The minimum Gasteiger partial charge on any atom is -0.496 e. The fraction of sp³-hybridized carbons (Fsp3) is 0.250. The van der Waals surface area contributed by atoms with E-state index in [9.17, 15) is 23.8 Å². The molecule has 0 saturated carbocycles. The Bertz CT molecular complexity index is 1610. The molecule has 202 valence electrons. The van der Waals surface area contributed by atoms with Crippen LogP contribution in [0.1, 0.15) is 36.8 Å². The van der Waals surface area contributed by atoms with Crippen LogP contribution in [0.2, 0.25) is 0 Å². The van der Waals surface area contributed by atoms with Crippen molar-refractivity contribution in [2.45, 2.75) is 31.9 Å². The Kier molecular flexibility index (Phi) is 7.42. The van der Waals surface area contributed by atoms with Crippen molar-refractivity contribution >= 4 is 22.8 Å². The fourth-order valence-electron chi connectivity index (χ4n) is 4.39. The van der Waals surface area contributed by atoms with Gasteiger partial charge in [0, 0.05) is 24.2 Å². The van der Waals surface area contributed by atoms with E-state index < -0.39 is 29.4 Å². The first-order chi connectivity index (χ1) is 18.4. The van der Waals surface area contributed by atoms with Gasteiger partial charge in [-0.25, -0.2) is 18.6 Å². The van der Waals surface area contributed by atoms with Gasteiger partial charge in [-0.1, -0.05) is 5.92 Å². The van der Waals surface area contributed by atoms with Crippen molar-refractivity contribution in [3.63, 3.8) is 0 Å². The lowest BCUT2D eigenvalue weighted by atomic mass is 9.93. The van der Waals surface area contributed by atoms with Gasteiger partial charge in [-0.3, -0.25) is 4.68 Å². The highest BCUT2D eigenvalue weighted by Crippen LogP contribution is 2.39. The van der Waals surface area contributed by atoms with Crippen LogP contribution in [0.5, 0.6) is 5.75 Å². The molecule has 1 unspecified atom stereocenters. The van der Waals surface area contributed by atoms with Crippen molar-refractivity contribution in [2.75, 3.05) is 12.8 Å². The normalized spacial score (nSPS) is 12.1. The molecular formula is C28H27F2N5O4. The Morgan fingerprint density at radius 1 is 1.18 bits per heavy atom. The summed E-state index contributed by atoms with van der Waals surface area (Å²) in [5, 5.41) is 27.0. The number of hydrogen-bond donors (Lipinski definition) is 4. The summed E-state index contributed by atoms with van der Waals surface area (Å²) in [7, 11) is 3.22. The molecule has 0 bridgehead atoms. The maximum absolute atomic E-state index is 14.0. The zero-order valence-electron chi connectivity index (χ0n) is 21.7. The van der Waals surface area contributed by atoms with Gasteiger partial charge in [-0.15, -0.1) is 0 Å². The van der Waals surface area contributed by atoms with Crippen LogP contribution >= 0.6 is 0 Å². The number of ether oxygens (including phenoxy) is 1. The second-order valence-electron chi connectivity index (χ2n) is 9.47. The number of nitrogens with two attached hydrogens (primary N) is 1. The number of rotatable bonds is 6. The quantitative estimate of drug-likeness (QED) is 0.272. The van der Waals surface area contributed by atoms with Gasteiger partial charge in [0.05, 0.1) is 29.7 Å². The first-order valence-electron chi connectivity index (χ1n) is 11.9. The van der Waals surface area contributed by atoms with Gasteiger partial charge >= 0.3 is 6.09 Å². The summed E-state index contributed by atoms with van der Waals surface area (Å²) >= 11 is 0. The Hall–Kier alpha value is -4.69. The van der Waals surface area contributed by atoms with E-state index >= 15 is 0 Å². The first kappa shape index (κ1) is 27.3. The van der Waals surface area contributed by atoms with Crippen LogP contribution in [0.15, 0.2) is 42.5 Å². The number of carboxylic acid groups (broad SMARTS) is 1. The zero-order chi connectivity index (χ0) is 28.5. The van der Waals surface area contributed by atoms with Gasteiger partial charge in [0.15, 0.2) is 5.82 Å². The highest BCUT2D eigenvalue weighted by molar-refractivity contribution is 6.03. The van der Waals surface area contributed by atoms with Gasteiger partial charge in [0.1, 0.15) is 28.7 Å². The van der Waals surface area contributed by atoms with Gasteiger partial charge in [0.25, 0.3) is 0 Å². The van der Waals surface area contributed by atoms with Gasteiger partial charge in [-0.2, -0.15) is 5.10 Å². The topological polar surface area (TPSA) is 136 Å². The van der Waals surface area contributed by atoms with E-state index in [4.69, 9.17) is 10.5 Å². The summed E-state index contributed by atoms with van der Waals surface area (Å²) in [6.45, 7) is 3.03. The molecule has 1 amide bonds. The van der Waals surface area contributed by atoms with Crippen molar-refractivity contribution in [1.82, 2.24) is 20.1 Å². The minimum absolute atomic E-state index is 0.115. The molecule has 2 heterocycles. The third-order valence-corrected chi connectivity index (χ3v) is 5.90. The van der Waals surface area contributed by atoms with E-state index in [-0.39, 0.29) is 29.2 Å². The average molecular weight is 536 g/mol. The Morgan fingerprint density at radius 3 is 2.46 bits per heavy atom. The molecule has 5 N–H and O–H groups in total. The molecule has 11 heteroatoms. The van der Waals surface area contributed by atoms with Crippen LogP contribution in [0.3, 0.4) is 0 Å². The number of carbonyl (C=O) groups is 1. The minimum atomic E-state index is -1.36. The Labute approximate surface area is 223 Å². The Balaban J connectivity index is 1.99. The number of benzene rings is 2. The van der Waals surface area contributed by atoms with E-state index in [1.807, 2.05) is 0 Å². The van der Waals surface area contributed by atoms with Crippen LogP contribution in [-0.2, 0) is 13.5 Å². The third-order valence-electron chi connectivity index (χ3n) is 5.90. The van der Waals surface area contributed by atoms with Crippen molar-refractivity contribution < 1.29 is 28.5 Å². The van der Waals surface area contributed by atoms with Crippen LogP contribution in [-0.4, -0.2) is 43.8 Å². The summed E-state index contributed by atoms with van der Waals surface area (Å²) in [4.78, 5) is 16.5. The molecule has 9 nitrogen and oxygen atoms in total. The smallest absolute Gasteiger partial charge is 0.405 e. The molecular weight excluding hydrogens is 508 g/mol. The Morgan fingerprint density at radius 2 is 1.85 bits per heavy atom. The predicted molar refractivity (Wildman–Crippen MR) is 142 cm³/mol. The molecule has 0 aliphatic carbocycles. The lowest BCUT2D eigenvalue weighted by Crippen LogP contribution is -2.30. The number of nitrogen functional groups attached to an aromatic ring is 1. The molecule has 4 rings (SSSR count). The van der Waals surface area contributed by atoms with Gasteiger partial charge in [-0.05, 0) is 68.2 Å². The number of nitrogens with one attached hydrogen (secondary N) is 1. The number of nitrogens with zero attached hydrogens (tertiary/aromatic N) is 3. The largest absolute Gasteiger partial charge is 0.496 e. The number of aliphatic hydroxyl groups is 1. The number of aryl methyl sites for hydroxylation is 1. The highest BCUT2D eigenvalue weighted by Gasteiger charge is 2.25. The predicted octanol–water partition coefficient (Wildman–Crippen LogP) is 4.18. The lowest BCUT2D eigenvalue weighted by Gasteiger charge is -2.21. The number of fused-ring (bicyclic) bond motifs is 1. The molecule has 4 aromatic rings. The van der Waals surface area contributed by atoms with E-state index in [0.29, 0.717) is 27.8 Å². The van der Waals surface area contributed by atoms with E-state index in [1.54, 1.807) is 36.0 Å². The average Bonchev–Trinajstić information content (AvgIpc) is 3.14. The summed E-state index contributed by atoms with van der Waals surface area (Å²) < 4.78 is 35.0. The molecule has 0 fully saturated rings. The van der Waals surface area contributed by atoms with Crippen molar-refractivity contribution in [3.05, 3.63) is 71.1 Å². The van der Waals surface area contributed by atoms with Gasteiger partial charge in [0.2, 0.25) is 0 Å². The van der Waals surface area contributed by atoms with Crippen LogP contribution in [0.4, 0.5) is 19.4 Å². The number of pyridine rings is 1. The zero-order valence-corrected chi connectivity index (χ0v) is 21.7. The first-order valence-corrected chi connectivity index (χ1v) is 11.9. The molecule has 1 atom stereocenters. The van der Waals surface area contributed by atoms with Crippen molar-refractivity contribution in [1.29, 1.82) is 0 Å². The van der Waals surface area contributed by atoms with Gasteiger partial charge < -0.3 is 26.0 Å². The molecule has 2 aromatic heterocycles. The number of amides is 1. The van der Waals surface area contributed by atoms with Crippen LogP contribution in [0, 0.1) is 23.5 Å². The monoisotopic (exact) mass is 535 g/mol. The summed E-state index contributed by atoms with van der Waals surface area (Å²) in [5.74, 6) is 4.64. The van der Waals surface area contributed by atoms with Crippen LogP contribution < -0.4 is 15.8 Å². The maximum Gasteiger partial charge on any atom is 0.405 e. The molecule has 0 aliphatic rings. The van der Waals surface area contributed by atoms with Crippen molar-refractivity contribution in [2.24, 2.45) is 7.05 Å². The lowest BCUT2D eigenvalue weighted by molar-refractivity contribution is 0.143. The SMILES string of the molecule is COc1ccc(-c2ccc(C#CC(C)(C)O)nc2C(Cc2cc(F)cc(F)c2)NC(=O)O)c2c1c(N)nn2C. The third kappa shape index (κ3) is 6.08. The number of hydrogen-bond acceptors (Lipinski definition) is 6. The van der Waals surface area contributed by atoms with Crippen LogP contribution in [0.25, 0.3) is 22.0 Å². The number of methoxy groups -OCH3 is 1. The fourth-order valence-corrected chi connectivity index (χ4v) is 4.39. The van der Waals surface area contributed by atoms with E-state index in [0.717, 1.165) is 18.2 Å². The molecule has 0 spiro atoms. The second kappa shape index (κ2) is 10.6.